The number of carbonyl (C=O) groups is 1. The Balaban J connectivity index is 4.12. The van der Waals surface area contributed by atoms with E-state index in [9.17, 15) is 4.79 Å². The highest BCUT2D eigenvalue weighted by Crippen LogP contribution is 2.14. The van der Waals surface area contributed by atoms with Crippen molar-refractivity contribution in [1.29, 1.82) is 0 Å². The number of hydrogen-bond acceptors (Lipinski definition) is 3. The van der Waals surface area contributed by atoms with Crippen molar-refractivity contribution in [2.75, 3.05) is 0 Å². The minimum absolute atomic E-state index is 0.127. The summed E-state index contributed by atoms with van der Waals surface area (Å²) in [7, 11) is 0. The Labute approximate surface area is 87.0 Å². The molecule has 0 aliphatic heterocycles. The van der Waals surface area contributed by atoms with Crippen LogP contribution in [-0.4, -0.2) is 17.6 Å². The lowest BCUT2D eigenvalue weighted by Gasteiger charge is -2.24. The molecular weight excluding hydrogens is 178 g/mol. The summed E-state index contributed by atoms with van der Waals surface area (Å²) in [4.78, 5) is 11.5. The molecule has 3 nitrogen and oxygen atoms in total. The largest absolute Gasteiger partial charge is 0.459 e. The molecule has 0 amide bonds. The smallest absolute Gasteiger partial charge is 0.323 e. The number of hydrogen-bond donors (Lipinski definition) is 1. The first-order valence-electron chi connectivity index (χ1n) is 5.05. The van der Waals surface area contributed by atoms with Gasteiger partial charge in [0.05, 0.1) is 0 Å². The molecule has 2 atom stereocenters. The zero-order chi connectivity index (χ0) is 11.4. The highest BCUT2D eigenvalue weighted by Gasteiger charge is 2.25. The van der Waals surface area contributed by atoms with Gasteiger partial charge in [-0.25, -0.2) is 0 Å². The minimum atomic E-state index is -0.532. The van der Waals surface area contributed by atoms with Crippen molar-refractivity contribution in [2.24, 2.45) is 11.7 Å². The predicted molar refractivity (Wildman–Crippen MR) is 57.6 cm³/mol. The number of carbonyl (C=O) groups excluding carboxylic acids is 1. The molecule has 2 unspecified atom stereocenters. The van der Waals surface area contributed by atoms with E-state index in [1.807, 2.05) is 27.7 Å². The fraction of sp³-hybridized carbons (Fsp3) is 0.818. The molecule has 83 valence electrons. The van der Waals surface area contributed by atoms with Crippen LogP contribution in [0.4, 0.5) is 0 Å². The highest BCUT2D eigenvalue weighted by atomic mass is 16.6. The monoisotopic (exact) mass is 200 g/mol. The molecule has 0 heterocycles. The number of ether oxygens (including phenoxy) is 1. The minimum Gasteiger partial charge on any atom is -0.459 e. The lowest BCUT2D eigenvalue weighted by molar-refractivity contribution is -0.157. The van der Waals surface area contributed by atoms with Gasteiger partial charge in [0.25, 0.3) is 0 Å². The number of esters is 1. The molecule has 14 heavy (non-hydrogen) atoms. The normalized spacial score (nSPS) is 16.1. The Morgan fingerprint density at radius 1 is 1.50 bits per heavy atom. The van der Waals surface area contributed by atoms with E-state index in [4.69, 9.17) is 10.5 Å². The van der Waals surface area contributed by atoms with E-state index in [0.29, 0.717) is 0 Å². The molecule has 0 aromatic rings. The third-order valence-corrected chi connectivity index (χ3v) is 1.95. The van der Waals surface area contributed by atoms with E-state index in [1.165, 1.54) is 0 Å². The predicted octanol–water partition coefficient (Wildman–Crippen LogP) is 1.91. The topological polar surface area (TPSA) is 52.3 Å². The van der Waals surface area contributed by atoms with Crippen molar-refractivity contribution in [3.8, 4) is 0 Å². The van der Waals surface area contributed by atoms with Crippen LogP contribution in [0.25, 0.3) is 0 Å². The molecule has 0 saturated heterocycles. The van der Waals surface area contributed by atoms with Gasteiger partial charge >= 0.3 is 5.97 Å². The van der Waals surface area contributed by atoms with Crippen LogP contribution in [0.2, 0.25) is 0 Å². The van der Waals surface area contributed by atoms with Crippen LogP contribution in [0.3, 0.4) is 0 Å². The molecule has 0 aromatic carbocycles. The molecule has 0 aromatic heterocycles. The van der Waals surface area contributed by atoms with Crippen LogP contribution < -0.4 is 5.73 Å². The summed E-state index contributed by atoms with van der Waals surface area (Å²) in [5.74, 6) is -0.194. The molecule has 1 radical (unpaired) electrons. The maximum atomic E-state index is 11.5. The molecule has 2 N–H and O–H groups in total. The average Bonchev–Trinajstić information content (AvgIpc) is 2.00. The molecule has 0 aliphatic carbocycles. The third-order valence-electron chi connectivity index (χ3n) is 1.95. The molecule has 0 saturated carbocycles. The summed E-state index contributed by atoms with van der Waals surface area (Å²) in [6.07, 6.45) is 1.64. The first-order valence-corrected chi connectivity index (χ1v) is 5.05. The van der Waals surface area contributed by atoms with Gasteiger partial charge in [0.15, 0.2) is 0 Å². The lowest BCUT2D eigenvalue weighted by Crippen LogP contribution is -2.41. The first-order chi connectivity index (χ1) is 6.28. The van der Waals surface area contributed by atoms with Gasteiger partial charge in [0.1, 0.15) is 11.6 Å². The van der Waals surface area contributed by atoms with Crippen LogP contribution in [-0.2, 0) is 9.53 Å². The van der Waals surface area contributed by atoms with E-state index < -0.39 is 11.6 Å². The molecule has 0 rings (SSSR count). The van der Waals surface area contributed by atoms with Gasteiger partial charge in [-0.15, -0.1) is 0 Å². The highest BCUT2D eigenvalue weighted by molar-refractivity contribution is 5.76. The van der Waals surface area contributed by atoms with Gasteiger partial charge in [-0.05, 0) is 33.1 Å². The van der Waals surface area contributed by atoms with Gasteiger partial charge < -0.3 is 10.5 Å². The Bertz CT molecular complexity index is 184. The van der Waals surface area contributed by atoms with Crippen LogP contribution in [0.15, 0.2) is 0 Å². The van der Waals surface area contributed by atoms with Crippen LogP contribution in [0.1, 0.15) is 40.5 Å². The van der Waals surface area contributed by atoms with Crippen LogP contribution in [0.5, 0.6) is 0 Å². The van der Waals surface area contributed by atoms with Gasteiger partial charge in [-0.2, -0.15) is 0 Å². The first kappa shape index (κ1) is 13.4. The third kappa shape index (κ3) is 5.22. The van der Waals surface area contributed by atoms with E-state index in [0.717, 1.165) is 12.8 Å². The zero-order valence-electron chi connectivity index (χ0n) is 9.67. The van der Waals surface area contributed by atoms with Crippen molar-refractivity contribution in [3.63, 3.8) is 0 Å². The van der Waals surface area contributed by atoms with Crippen molar-refractivity contribution in [1.82, 2.24) is 0 Å². The number of rotatable bonds is 4. The summed E-state index contributed by atoms with van der Waals surface area (Å²) >= 11 is 0. The average molecular weight is 200 g/mol. The standard InChI is InChI=1S/C11H22NO2/c1-6-7-8(2)9(12)10(13)14-11(3,4)5/h8-9H,1,6-7,12H2,2-5H3. The molecule has 0 spiro atoms. The second-order valence-electron chi connectivity index (χ2n) is 4.68. The van der Waals surface area contributed by atoms with Gasteiger partial charge in [-0.1, -0.05) is 20.3 Å². The molecule has 0 fully saturated rings. The van der Waals surface area contributed by atoms with E-state index in [-0.39, 0.29) is 11.9 Å². The summed E-state index contributed by atoms with van der Waals surface area (Å²) in [6, 6.07) is -0.532. The molecule has 0 bridgehead atoms. The quantitative estimate of drug-likeness (QED) is 0.705. The van der Waals surface area contributed by atoms with Crippen molar-refractivity contribution >= 4 is 5.97 Å². The number of nitrogens with two attached hydrogens (primary N) is 1. The second-order valence-corrected chi connectivity index (χ2v) is 4.68. The fourth-order valence-electron chi connectivity index (χ4n) is 1.10. The molecular formula is C11H22NO2. The second kappa shape index (κ2) is 5.35. The fourth-order valence-corrected chi connectivity index (χ4v) is 1.10. The summed E-state index contributed by atoms with van der Waals surface area (Å²) in [5, 5.41) is 0. The van der Waals surface area contributed by atoms with Crippen LogP contribution >= 0.6 is 0 Å². The van der Waals surface area contributed by atoms with E-state index in [1.54, 1.807) is 0 Å². The Hall–Kier alpha value is -0.570. The maximum Gasteiger partial charge on any atom is 0.323 e. The van der Waals surface area contributed by atoms with E-state index >= 15 is 0 Å². The van der Waals surface area contributed by atoms with Gasteiger partial charge in [-0.3, -0.25) is 4.79 Å². The summed E-state index contributed by atoms with van der Waals surface area (Å²) in [5.41, 5.74) is 5.29. The van der Waals surface area contributed by atoms with Crippen LogP contribution in [0, 0.1) is 12.8 Å². The van der Waals surface area contributed by atoms with Gasteiger partial charge in [0, 0.05) is 0 Å². The van der Waals surface area contributed by atoms with Crippen molar-refractivity contribution < 1.29 is 9.53 Å². The molecule has 0 aliphatic rings. The Morgan fingerprint density at radius 3 is 2.36 bits per heavy atom. The van der Waals surface area contributed by atoms with Crippen molar-refractivity contribution in [3.05, 3.63) is 6.92 Å². The summed E-state index contributed by atoms with van der Waals surface area (Å²) in [6.45, 7) is 11.2. The van der Waals surface area contributed by atoms with E-state index in [2.05, 4.69) is 6.92 Å². The molecule has 3 heteroatoms. The maximum absolute atomic E-state index is 11.5. The zero-order valence-corrected chi connectivity index (χ0v) is 9.67. The Kier molecular flexibility index (Phi) is 5.13. The lowest BCUT2D eigenvalue weighted by atomic mass is 9.97. The van der Waals surface area contributed by atoms with Crippen molar-refractivity contribution in [2.45, 2.75) is 52.2 Å². The van der Waals surface area contributed by atoms with Gasteiger partial charge in [0.2, 0.25) is 0 Å². The SMILES string of the molecule is [CH2]CCC(C)C(N)C(=O)OC(C)(C)C. The Morgan fingerprint density at radius 2 is 2.00 bits per heavy atom. The summed E-state index contributed by atoms with van der Waals surface area (Å²) < 4.78 is 5.18.